The highest BCUT2D eigenvalue weighted by Gasteiger charge is 2.22. The molecule has 100 valence electrons. The molecule has 1 aliphatic rings. The molecule has 1 saturated carbocycles. The minimum absolute atomic E-state index is 0.696. The minimum Gasteiger partial charge on any atom is -0.308 e. The summed E-state index contributed by atoms with van der Waals surface area (Å²) in [5.74, 6) is 1.80. The van der Waals surface area contributed by atoms with E-state index in [1.54, 1.807) is 0 Å². The number of aromatic nitrogens is 1. The van der Waals surface area contributed by atoms with Gasteiger partial charge in [-0.3, -0.25) is 4.98 Å². The first-order valence-corrected chi connectivity index (χ1v) is 7.30. The predicted molar refractivity (Wildman–Crippen MR) is 76.4 cm³/mol. The smallest absolute Gasteiger partial charge is 0.0570 e. The van der Waals surface area contributed by atoms with Crippen molar-refractivity contribution in [2.45, 2.75) is 59.0 Å². The summed E-state index contributed by atoms with van der Waals surface area (Å²) in [6, 6.07) is 4.84. The minimum atomic E-state index is 0.696. The molecule has 18 heavy (non-hydrogen) atoms. The summed E-state index contributed by atoms with van der Waals surface area (Å²) in [5.41, 5.74) is 2.49. The van der Waals surface area contributed by atoms with E-state index in [-0.39, 0.29) is 0 Å². The van der Waals surface area contributed by atoms with E-state index in [0.29, 0.717) is 6.04 Å². The number of hydrogen-bond donors (Lipinski definition) is 1. The predicted octanol–water partition coefficient (Wildman–Crippen LogP) is 3.69. The molecule has 0 bridgehead atoms. The van der Waals surface area contributed by atoms with Gasteiger partial charge in [0.2, 0.25) is 0 Å². The van der Waals surface area contributed by atoms with Crippen LogP contribution in [0, 0.1) is 18.8 Å². The molecule has 2 rings (SSSR count). The first-order chi connectivity index (χ1) is 8.66. The van der Waals surface area contributed by atoms with Crippen LogP contribution in [0.3, 0.4) is 0 Å². The lowest BCUT2D eigenvalue weighted by atomic mass is 9.80. The molecular formula is C16H26N2. The van der Waals surface area contributed by atoms with E-state index >= 15 is 0 Å². The fourth-order valence-corrected chi connectivity index (χ4v) is 2.93. The van der Waals surface area contributed by atoms with Crippen molar-refractivity contribution in [1.29, 1.82) is 0 Å². The van der Waals surface area contributed by atoms with Gasteiger partial charge in [0.1, 0.15) is 0 Å². The second-order valence-corrected chi connectivity index (χ2v) is 6.00. The van der Waals surface area contributed by atoms with Crippen LogP contribution in [0.1, 0.15) is 50.8 Å². The first kappa shape index (κ1) is 13.5. The zero-order valence-electron chi connectivity index (χ0n) is 11.9. The van der Waals surface area contributed by atoms with E-state index < -0.39 is 0 Å². The Hall–Kier alpha value is -0.890. The van der Waals surface area contributed by atoms with Crippen LogP contribution in [0.4, 0.5) is 0 Å². The second kappa shape index (κ2) is 6.33. The maximum Gasteiger partial charge on any atom is 0.0570 e. The molecule has 1 aromatic rings. The van der Waals surface area contributed by atoms with Gasteiger partial charge in [-0.1, -0.05) is 19.9 Å². The number of nitrogens with zero attached hydrogens (tertiary/aromatic N) is 1. The molecule has 0 aromatic carbocycles. The highest BCUT2D eigenvalue weighted by Crippen LogP contribution is 2.29. The molecule has 0 radical (unpaired) electrons. The van der Waals surface area contributed by atoms with E-state index in [4.69, 9.17) is 0 Å². The van der Waals surface area contributed by atoms with E-state index in [9.17, 15) is 0 Å². The third-order valence-electron chi connectivity index (χ3n) is 4.39. The van der Waals surface area contributed by atoms with Crippen molar-refractivity contribution in [1.82, 2.24) is 10.3 Å². The Morgan fingerprint density at radius 2 is 2.00 bits per heavy atom. The molecule has 1 fully saturated rings. The van der Waals surface area contributed by atoms with Gasteiger partial charge in [0.15, 0.2) is 0 Å². The summed E-state index contributed by atoms with van der Waals surface area (Å²) in [7, 11) is 0. The Balaban J connectivity index is 1.77. The lowest BCUT2D eigenvalue weighted by Crippen LogP contribution is -2.34. The van der Waals surface area contributed by atoms with Crippen molar-refractivity contribution in [3.8, 4) is 0 Å². The Kier molecular flexibility index (Phi) is 4.76. The van der Waals surface area contributed by atoms with Gasteiger partial charge in [-0.25, -0.2) is 0 Å². The summed E-state index contributed by atoms with van der Waals surface area (Å²) in [4.78, 5) is 4.44. The van der Waals surface area contributed by atoms with Gasteiger partial charge in [-0.2, -0.15) is 0 Å². The van der Waals surface area contributed by atoms with Crippen LogP contribution in [0.25, 0.3) is 0 Å². The molecule has 1 heterocycles. The van der Waals surface area contributed by atoms with E-state index in [0.717, 1.165) is 18.4 Å². The van der Waals surface area contributed by atoms with Crippen molar-refractivity contribution in [3.05, 3.63) is 29.6 Å². The number of aryl methyl sites for hydroxylation is 1. The Labute approximate surface area is 111 Å². The highest BCUT2D eigenvalue weighted by molar-refractivity contribution is 5.17. The Morgan fingerprint density at radius 1 is 1.28 bits per heavy atom. The van der Waals surface area contributed by atoms with Gasteiger partial charge in [0.25, 0.3) is 0 Å². The molecule has 0 atom stereocenters. The van der Waals surface area contributed by atoms with Crippen molar-refractivity contribution in [2.75, 3.05) is 0 Å². The normalized spacial score (nSPS) is 24.4. The van der Waals surface area contributed by atoms with Crippen LogP contribution in [-0.4, -0.2) is 11.0 Å². The van der Waals surface area contributed by atoms with Crippen LogP contribution in [0.2, 0.25) is 0 Å². The molecule has 1 N–H and O–H groups in total. The van der Waals surface area contributed by atoms with Crippen LogP contribution < -0.4 is 5.32 Å². The van der Waals surface area contributed by atoms with Crippen molar-refractivity contribution < 1.29 is 0 Å². The third kappa shape index (κ3) is 3.55. The molecule has 0 amide bonds. The molecule has 0 spiro atoms. The quantitative estimate of drug-likeness (QED) is 0.876. The van der Waals surface area contributed by atoms with Gasteiger partial charge in [0.05, 0.1) is 5.69 Å². The second-order valence-electron chi connectivity index (χ2n) is 6.00. The largest absolute Gasteiger partial charge is 0.308 e. The Bertz CT molecular complexity index is 365. The lowest BCUT2D eigenvalue weighted by Gasteiger charge is -2.31. The summed E-state index contributed by atoms with van der Waals surface area (Å²) >= 11 is 0. The molecular weight excluding hydrogens is 220 g/mol. The summed E-state index contributed by atoms with van der Waals surface area (Å²) in [6.45, 7) is 7.77. The van der Waals surface area contributed by atoms with Gasteiger partial charge in [-0.15, -0.1) is 0 Å². The van der Waals surface area contributed by atoms with E-state index in [1.807, 2.05) is 12.3 Å². The maximum absolute atomic E-state index is 4.44. The average Bonchev–Trinajstić information content (AvgIpc) is 2.38. The molecule has 1 aromatic heterocycles. The van der Waals surface area contributed by atoms with E-state index in [1.165, 1.54) is 36.9 Å². The van der Waals surface area contributed by atoms with Crippen molar-refractivity contribution in [2.24, 2.45) is 11.8 Å². The molecule has 1 aliphatic carbocycles. The third-order valence-corrected chi connectivity index (χ3v) is 4.39. The lowest BCUT2D eigenvalue weighted by molar-refractivity contribution is 0.238. The SMILES string of the molecule is Cc1cccnc1CNC1CCC(C(C)C)CC1. The van der Waals surface area contributed by atoms with Crippen molar-refractivity contribution >= 4 is 0 Å². The standard InChI is InChI=1S/C16H26N2/c1-12(2)14-6-8-15(9-7-14)18-11-16-13(3)5-4-10-17-16/h4-5,10,12,14-15,18H,6-9,11H2,1-3H3. The fourth-order valence-electron chi connectivity index (χ4n) is 2.93. The molecule has 0 unspecified atom stereocenters. The van der Waals surface area contributed by atoms with Crippen LogP contribution in [-0.2, 0) is 6.54 Å². The Morgan fingerprint density at radius 3 is 2.61 bits per heavy atom. The zero-order valence-corrected chi connectivity index (χ0v) is 11.9. The summed E-state index contributed by atoms with van der Waals surface area (Å²) < 4.78 is 0. The van der Waals surface area contributed by atoms with Crippen LogP contribution in [0.5, 0.6) is 0 Å². The number of rotatable bonds is 4. The van der Waals surface area contributed by atoms with Gasteiger partial charge >= 0.3 is 0 Å². The average molecular weight is 246 g/mol. The van der Waals surface area contributed by atoms with Gasteiger partial charge in [0, 0.05) is 18.8 Å². The zero-order chi connectivity index (χ0) is 13.0. The number of nitrogens with one attached hydrogen (secondary N) is 1. The summed E-state index contributed by atoms with van der Waals surface area (Å²) in [5, 5.41) is 3.68. The summed E-state index contributed by atoms with van der Waals surface area (Å²) in [6.07, 6.45) is 7.32. The van der Waals surface area contributed by atoms with Crippen molar-refractivity contribution in [3.63, 3.8) is 0 Å². The van der Waals surface area contributed by atoms with Gasteiger partial charge in [-0.05, 0) is 56.1 Å². The topological polar surface area (TPSA) is 24.9 Å². The molecule has 2 heteroatoms. The monoisotopic (exact) mass is 246 g/mol. The number of pyridine rings is 1. The van der Waals surface area contributed by atoms with Crippen LogP contribution >= 0.6 is 0 Å². The first-order valence-electron chi connectivity index (χ1n) is 7.30. The molecule has 0 saturated heterocycles. The molecule has 0 aliphatic heterocycles. The maximum atomic E-state index is 4.44. The number of hydrogen-bond acceptors (Lipinski definition) is 2. The highest BCUT2D eigenvalue weighted by atomic mass is 14.9. The van der Waals surface area contributed by atoms with Gasteiger partial charge < -0.3 is 5.32 Å². The fraction of sp³-hybridized carbons (Fsp3) is 0.688. The van der Waals surface area contributed by atoms with E-state index in [2.05, 4.69) is 37.1 Å². The van der Waals surface area contributed by atoms with Crippen LogP contribution in [0.15, 0.2) is 18.3 Å². The molecule has 2 nitrogen and oxygen atoms in total.